The molecule has 0 radical (unpaired) electrons. The molecule has 3 aliphatic carbocycles. The van der Waals surface area contributed by atoms with E-state index in [1.807, 2.05) is 45.0 Å². The Labute approximate surface area is 255 Å². The summed E-state index contributed by atoms with van der Waals surface area (Å²) in [6.07, 6.45) is 11.8. The molecule has 1 heterocycles. The summed E-state index contributed by atoms with van der Waals surface area (Å²) in [7, 11) is 9.87. The quantitative estimate of drug-likeness (QED) is 0.349. The van der Waals surface area contributed by atoms with Gasteiger partial charge in [0.25, 0.3) is 0 Å². The van der Waals surface area contributed by atoms with Gasteiger partial charge in [0.2, 0.25) is 5.78 Å². The molecule has 0 saturated carbocycles. The number of rotatable bonds is 6. The average molecular weight is 620 g/mol. The third-order valence-electron chi connectivity index (χ3n) is 5.20. The molecule has 9 nitrogen and oxygen atoms in total. The van der Waals surface area contributed by atoms with Crippen molar-refractivity contribution in [3.05, 3.63) is 70.2 Å². The summed E-state index contributed by atoms with van der Waals surface area (Å²) in [5, 5.41) is 0. The van der Waals surface area contributed by atoms with Gasteiger partial charge in [-0.15, -0.1) is 23.5 Å². The van der Waals surface area contributed by atoms with Crippen molar-refractivity contribution in [1.29, 1.82) is 0 Å². The second kappa shape index (κ2) is 19.4. The number of likely N-dealkylation sites (N-methyl/N-ethyl adjacent to an activating group) is 1. The Morgan fingerprint density at radius 2 is 1.27 bits per heavy atom. The van der Waals surface area contributed by atoms with Crippen LogP contribution in [0.1, 0.15) is 0 Å². The van der Waals surface area contributed by atoms with Crippen molar-refractivity contribution in [1.82, 2.24) is 14.7 Å². The zero-order chi connectivity index (χ0) is 30.9. The smallest absolute Gasteiger partial charge is 0.203 e. The van der Waals surface area contributed by atoms with E-state index in [1.165, 1.54) is 78.2 Å². The summed E-state index contributed by atoms with van der Waals surface area (Å²) >= 11 is 6.93. The van der Waals surface area contributed by atoms with E-state index in [9.17, 15) is 28.8 Å². The summed E-state index contributed by atoms with van der Waals surface area (Å²) in [6, 6.07) is 0. The summed E-state index contributed by atoms with van der Waals surface area (Å²) in [6.45, 7) is 2.80. The Bertz CT molecular complexity index is 1160. The summed E-state index contributed by atoms with van der Waals surface area (Å²) in [4.78, 5) is 72.8. The molecule has 0 bridgehead atoms. The second-order valence-electron chi connectivity index (χ2n) is 9.27. The van der Waals surface area contributed by atoms with E-state index in [2.05, 4.69) is 17.5 Å². The Hall–Kier alpha value is -2.77. The van der Waals surface area contributed by atoms with Crippen LogP contribution in [0.25, 0.3) is 0 Å². The van der Waals surface area contributed by atoms with E-state index in [4.69, 9.17) is 0 Å². The standard InChI is InChI=1S/C10H13NO2S.C9H9NO2S.C6H4O2.C4H11NS/c1-11(2)5-6-14-10-7-8(12)3-4-9(10)13;1-10-4-5-13-9-7(12)3-2-6(11)8(9)10;7-5-1-2-6(8)4-3-5;1-5(2)3-4-6/h3-4,7H,5-6H2,1-2H3;2-3H,4-5H2,1H3;1-4H;6H,3-4H2,1-2H3. The Morgan fingerprint density at radius 3 is 1.76 bits per heavy atom. The van der Waals surface area contributed by atoms with Crippen molar-refractivity contribution in [3.63, 3.8) is 0 Å². The first-order chi connectivity index (χ1) is 19.3. The van der Waals surface area contributed by atoms with Crippen LogP contribution < -0.4 is 0 Å². The highest BCUT2D eigenvalue weighted by atomic mass is 32.2. The third-order valence-corrected chi connectivity index (χ3v) is 7.48. The number of ketones is 6. The topological polar surface area (TPSA) is 112 Å². The maximum absolute atomic E-state index is 11.4. The summed E-state index contributed by atoms with van der Waals surface area (Å²) in [5.74, 6) is 2.16. The maximum Gasteiger partial charge on any atom is 0.203 e. The van der Waals surface area contributed by atoms with Gasteiger partial charge in [0.05, 0.1) is 9.81 Å². The summed E-state index contributed by atoms with van der Waals surface area (Å²) in [5.41, 5.74) is 0.573. The van der Waals surface area contributed by atoms with Crippen LogP contribution in [0.2, 0.25) is 0 Å². The third kappa shape index (κ3) is 14.6. The monoisotopic (exact) mass is 619 g/mol. The molecule has 1 aliphatic heterocycles. The number of thioether (sulfide) groups is 2. The molecule has 0 amide bonds. The average Bonchev–Trinajstić information content (AvgIpc) is 2.91. The number of hydrogen-bond acceptors (Lipinski definition) is 12. The number of carbonyl (C=O) groups excluding carboxylic acids is 6. The molecule has 0 fully saturated rings. The van der Waals surface area contributed by atoms with Crippen molar-refractivity contribution >= 4 is 70.9 Å². The number of allylic oxidation sites excluding steroid dienone is 11. The molecule has 0 saturated heterocycles. The molecule has 0 aromatic carbocycles. The Balaban J connectivity index is 0.000000288. The molecule has 0 unspecified atom stereocenters. The molecular formula is C29H37N3O6S3. The van der Waals surface area contributed by atoms with Gasteiger partial charge in [0.1, 0.15) is 5.70 Å². The molecule has 0 aromatic rings. The molecule has 0 N–H and O–H groups in total. The van der Waals surface area contributed by atoms with Crippen LogP contribution in [-0.4, -0.2) is 122 Å². The minimum Gasteiger partial charge on any atom is -0.370 e. The van der Waals surface area contributed by atoms with E-state index in [0.717, 1.165) is 36.9 Å². The van der Waals surface area contributed by atoms with Crippen molar-refractivity contribution in [2.75, 3.05) is 72.1 Å². The van der Waals surface area contributed by atoms with Gasteiger partial charge in [0, 0.05) is 50.0 Å². The summed E-state index contributed by atoms with van der Waals surface area (Å²) < 4.78 is 0. The lowest BCUT2D eigenvalue weighted by molar-refractivity contribution is -0.115. The predicted molar refractivity (Wildman–Crippen MR) is 170 cm³/mol. The first-order valence-corrected chi connectivity index (χ1v) is 15.3. The zero-order valence-electron chi connectivity index (χ0n) is 24.0. The fourth-order valence-electron chi connectivity index (χ4n) is 3.01. The molecule has 0 spiro atoms. The molecular weight excluding hydrogens is 583 g/mol. The van der Waals surface area contributed by atoms with E-state index in [1.54, 1.807) is 0 Å². The van der Waals surface area contributed by atoms with Crippen LogP contribution in [0.4, 0.5) is 0 Å². The minimum absolute atomic E-state index is 0.0360. The first-order valence-electron chi connectivity index (χ1n) is 12.7. The first kappa shape index (κ1) is 36.3. The SMILES string of the molecule is CN(C)CCS.CN(C)CCSC1=CC(=O)C=CC1=O.CN1CCSC2=C1C(=O)C=CC2=O.O=C1C=CC(=O)C=C1. The van der Waals surface area contributed by atoms with E-state index in [-0.39, 0.29) is 34.7 Å². The molecule has 12 heteroatoms. The highest BCUT2D eigenvalue weighted by Crippen LogP contribution is 2.30. The predicted octanol–water partition coefficient (Wildman–Crippen LogP) is 2.19. The van der Waals surface area contributed by atoms with Gasteiger partial charge < -0.3 is 14.7 Å². The number of hydrogen-bond donors (Lipinski definition) is 1. The van der Waals surface area contributed by atoms with Crippen molar-refractivity contribution in [3.8, 4) is 0 Å². The highest BCUT2D eigenvalue weighted by Gasteiger charge is 2.28. The van der Waals surface area contributed by atoms with Crippen LogP contribution in [-0.2, 0) is 28.8 Å². The number of carbonyl (C=O) groups is 6. The minimum atomic E-state index is -0.121. The van der Waals surface area contributed by atoms with Gasteiger partial charge >= 0.3 is 0 Å². The largest absolute Gasteiger partial charge is 0.370 e. The van der Waals surface area contributed by atoms with Crippen LogP contribution in [0.3, 0.4) is 0 Å². The fraction of sp³-hybridized carbons (Fsp3) is 0.379. The molecule has 222 valence electrons. The van der Waals surface area contributed by atoms with Crippen molar-refractivity contribution < 1.29 is 28.8 Å². The lowest BCUT2D eigenvalue weighted by atomic mass is 10.1. The normalized spacial score (nSPS) is 17.6. The van der Waals surface area contributed by atoms with Gasteiger partial charge in [-0.05, 0) is 76.8 Å². The molecule has 4 aliphatic rings. The maximum atomic E-state index is 11.4. The van der Waals surface area contributed by atoms with Crippen LogP contribution in [0, 0.1) is 0 Å². The Kier molecular flexibility index (Phi) is 17.1. The van der Waals surface area contributed by atoms with Crippen LogP contribution in [0.5, 0.6) is 0 Å². The van der Waals surface area contributed by atoms with Gasteiger partial charge in [-0.1, -0.05) is 0 Å². The number of nitrogens with zero attached hydrogens (tertiary/aromatic N) is 3. The lowest BCUT2D eigenvalue weighted by Crippen LogP contribution is -2.32. The van der Waals surface area contributed by atoms with Gasteiger partial charge in [-0.25, -0.2) is 0 Å². The van der Waals surface area contributed by atoms with Crippen molar-refractivity contribution in [2.24, 2.45) is 0 Å². The van der Waals surface area contributed by atoms with Crippen LogP contribution >= 0.6 is 36.2 Å². The van der Waals surface area contributed by atoms with E-state index >= 15 is 0 Å². The van der Waals surface area contributed by atoms with Gasteiger partial charge in [-0.2, -0.15) is 12.6 Å². The fourth-order valence-corrected chi connectivity index (χ4v) is 5.67. The highest BCUT2D eigenvalue weighted by molar-refractivity contribution is 8.04. The van der Waals surface area contributed by atoms with Crippen LogP contribution in [0.15, 0.2) is 70.2 Å². The van der Waals surface area contributed by atoms with Gasteiger partial charge in [0.15, 0.2) is 28.9 Å². The van der Waals surface area contributed by atoms with E-state index in [0.29, 0.717) is 15.5 Å². The molecule has 4 rings (SSSR count). The zero-order valence-corrected chi connectivity index (χ0v) is 26.5. The second-order valence-corrected chi connectivity index (χ2v) is 12.0. The van der Waals surface area contributed by atoms with Crippen molar-refractivity contribution in [2.45, 2.75) is 0 Å². The molecule has 0 aromatic heterocycles. The number of thiol groups is 1. The molecule has 0 atom stereocenters. The Morgan fingerprint density at radius 1 is 0.756 bits per heavy atom. The van der Waals surface area contributed by atoms with E-state index < -0.39 is 0 Å². The van der Waals surface area contributed by atoms with Gasteiger partial charge in [-0.3, -0.25) is 28.8 Å². The molecule has 41 heavy (non-hydrogen) atoms. The lowest BCUT2D eigenvalue weighted by Gasteiger charge is -2.28.